The number of morpholine rings is 1. The molecule has 9 heteroatoms. The van der Waals surface area contributed by atoms with Crippen molar-refractivity contribution in [2.75, 3.05) is 50.0 Å². The predicted molar refractivity (Wildman–Crippen MR) is 139 cm³/mol. The lowest BCUT2D eigenvalue weighted by Crippen LogP contribution is -2.59. The van der Waals surface area contributed by atoms with Crippen molar-refractivity contribution in [1.29, 1.82) is 0 Å². The molecule has 0 aliphatic carbocycles. The molecule has 2 saturated heterocycles. The first-order chi connectivity index (χ1) is 17.5. The fourth-order valence-electron chi connectivity index (χ4n) is 4.66. The van der Waals surface area contributed by atoms with Crippen LogP contribution < -0.4 is 10.6 Å². The predicted octanol–water partition coefficient (Wildman–Crippen LogP) is 2.84. The Bertz CT molecular complexity index is 1260. The van der Waals surface area contributed by atoms with Crippen LogP contribution in [0.3, 0.4) is 0 Å². The van der Waals surface area contributed by atoms with Crippen LogP contribution in [0.1, 0.15) is 18.5 Å². The molecule has 2 N–H and O–H groups in total. The van der Waals surface area contributed by atoms with Crippen molar-refractivity contribution >= 4 is 34.3 Å². The summed E-state index contributed by atoms with van der Waals surface area (Å²) in [6.07, 6.45) is 4.98. The van der Waals surface area contributed by atoms with E-state index in [0.717, 1.165) is 41.9 Å². The molecule has 0 spiro atoms. The molecule has 3 aromatic rings. The monoisotopic (exact) mass is 486 g/mol. The molecule has 3 heterocycles. The molecule has 36 heavy (non-hydrogen) atoms. The Morgan fingerprint density at radius 3 is 2.92 bits per heavy atom. The van der Waals surface area contributed by atoms with Crippen molar-refractivity contribution in [3.05, 3.63) is 72.6 Å². The highest BCUT2D eigenvalue weighted by atomic mass is 16.5. The molecule has 0 radical (unpaired) electrons. The molecule has 2 aliphatic heterocycles. The van der Waals surface area contributed by atoms with Crippen LogP contribution in [0.2, 0.25) is 0 Å². The third kappa shape index (κ3) is 5.69. The van der Waals surface area contributed by atoms with Gasteiger partial charge in [0.05, 0.1) is 18.1 Å². The lowest BCUT2D eigenvalue weighted by Gasteiger charge is -2.42. The number of piperazine rings is 1. The molecule has 2 atom stereocenters. The summed E-state index contributed by atoms with van der Waals surface area (Å²) in [5.41, 5.74) is 2.64. The minimum Gasteiger partial charge on any atom is -0.463 e. The SMILES string of the molecule is CC(Nc1ncnc2ccc(NC(=O)C=CCN3CCN4CC(=O)OC[C@H]4C3)cc12)c1ccccc1. The van der Waals surface area contributed by atoms with Crippen LogP contribution >= 0.6 is 0 Å². The molecule has 1 aromatic heterocycles. The molecule has 9 nitrogen and oxygen atoms in total. The zero-order chi connectivity index (χ0) is 24.9. The maximum absolute atomic E-state index is 12.6. The van der Waals surface area contributed by atoms with E-state index in [-0.39, 0.29) is 24.0 Å². The smallest absolute Gasteiger partial charge is 0.320 e. The van der Waals surface area contributed by atoms with Gasteiger partial charge >= 0.3 is 5.97 Å². The minimum absolute atomic E-state index is 0.0630. The van der Waals surface area contributed by atoms with E-state index in [1.165, 1.54) is 0 Å². The number of amides is 1. The standard InChI is InChI=1S/C27H30N6O3/c1-19(20-6-3-2-4-7-20)30-27-23-14-21(9-10-24(23)28-18-29-27)31-25(34)8-5-11-32-12-13-33-16-26(35)36-17-22(33)15-32/h2-10,14,18-19,22H,11-13,15-17H2,1H3,(H,31,34)(H,28,29,30)/t19?,22-/m1/s1. The van der Waals surface area contributed by atoms with Gasteiger partial charge < -0.3 is 15.4 Å². The van der Waals surface area contributed by atoms with Crippen molar-refractivity contribution in [2.24, 2.45) is 0 Å². The number of benzene rings is 2. The van der Waals surface area contributed by atoms with Gasteiger partial charge in [0.2, 0.25) is 5.91 Å². The summed E-state index contributed by atoms with van der Waals surface area (Å²) in [4.78, 5) is 37.3. The van der Waals surface area contributed by atoms with Gasteiger partial charge in [-0.25, -0.2) is 9.97 Å². The molecular weight excluding hydrogens is 456 g/mol. The molecule has 1 unspecified atom stereocenters. The van der Waals surface area contributed by atoms with Crippen molar-refractivity contribution in [3.63, 3.8) is 0 Å². The summed E-state index contributed by atoms with van der Waals surface area (Å²) >= 11 is 0. The summed E-state index contributed by atoms with van der Waals surface area (Å²) < 4.78 is 5.18. The second kappa shape index (κ2) is 10.8. The van der Waals surface area contributed by atoms with Gasteiger partial charge in [-0.15, -0.1) is 0 Å². The average molecular weight is 487 g/mol. The zero-order valence-electron chi connectivity index (χ0n) is 20.3. The number of ether oxygens (including phenoxy) is 1. The number of carbonyl (C=O) groups is 2. The van der Waals surface area contributed by atoms with E-state index in [2.05, 4.69) is 49.5 Å². The number of rotatable bonds is 7. The second-order valence-corrected chi connectivity index (χ2v) is 9.19. The van der Waals surface area contributed by atoms with Gasteiger partial charge in [-0.3, -0.25) is 19.4 Å². The maximum atomic E-state index is 12.6. The molecular formula is C27H30N6O3. The van der Waals surface area contributed by atoms with E-state index in [4.69, 9.17) is 4.74 Å². The van der Waals surface area contributed by atoms with Gasteiger partial charge in [0.25, 0.3) is 0 Å². The first-order valence-electron chi connectivity index (χ1n) is 12.2. The third-order valence-electron chi connectivity index (χ3n) is 6.65. The van der Waals surface area contributed by atoms with Crippen LogP contribution in [0, 0.1) is 0 Å². The van der Waals surface area contributed by atoms with Crippen LogP contribution in [0.4, 0.5) is 11.5 Å². The van der Waals surface area contributed by atoms with Crippen LogP contribution in [0.25, 0.3) is 10.9 Å². The largest absolute Gasteiger partial charge is 0.463 e. The third-order valence-corrected chi connectivity index (χ3v) is 6.65. The molecule has 0 saturated carbocycles. The number of cyclic esters (lactones) is 1. The van der Waals surface area contributed by atoms with Crippen LogP contribution in [-0.4, -0.2) is 77.0 Å². The van der Waals surface area contributed by atoms with Crippen molar-refractivity contribution in [2.45, 2.75) is 19.0 Å². The Kier molecular flexibility index (Phi) is 7.20. The highest BCUT2D eigenvalue weighted by Gasteiger charge is 2.32. The molecule has 1 amide bonds. The van der Waals surface area contributed by atoms with Crippen LogP contribution in [-0.2, 0) is 14.3 Å². The Hall–Kier alpha value is -3.82. The number of nitrogens with zero attached hydrogens (tertiary/aromatic N) is 4. The van der Waals surface area contributed by atoms with E-state index in [9.17, 15) is 9.59 Å². The molecule has 5 rings (SSSR count). The van der Waals surface area contributed by atoms with E-state index >= 15 is 0 Å². The normalized spacial score (nSPS) is 19.6. The van der Waals surface area contributed by atoms with Crippen molar-refractivity contribution in [1.82, 2.24) is 19.8 Å². The summed E-state index contributed by atoms with van der Waals surface area (Å²) in [5, 5.41) is 7.24. The fraction of sp³-hybridized carbons (Fsp3) is 0.333. The first kappa shape index (κ1) is 23.9. The molecule has 2 aromatic carbocycles. The zero-order valence-corrected chi connectivity index (χ0v) is 20.3. The Balaban J connectivity index is 1.19. The van der Waals surface area contributed by atoms with Gasteiger partial charge in [-0.05, 0) is 30.7 Å². The van der Waals surface area contributed by atoms with E-state index in [1.54, 1.807) is 12.4 Å². The molecule has 186 valence electrons. The number of fused-ring (bicyclic) bond motifs is 2. The molecule has 2 fully saturated rings. The highest BCUT2D eigenvalue weighted by molar-refractivity contribution is 6.01. The summed E-state index contributed by atoms with van der Waals surface area (Å²) in [7, 11) is 0. The summed E-state index contributed by atoms with van der Waals surface area (Å²) in [6, 6.07) is 16.1. The lowest BCUT2D eigenvalue weighted by atomic mass is 10.1. The first-order valence-corrected chi connectivity index (χ1v) is 12.2. The minimum atomic E-state index is -0.191. The van der Waals surface area contributed by atoms with Gasteiger partial charge in [-0.1, -0.05) is 36.4 Å². The summed E-state index contributed by atoms with van der Waals surface area (Å²) in [6.45, 7) is 6.07. The quantitative estimate of drug-likeness (QED) is 0.389. The summed E-state index contributed by atoms with van der Waals surface area (Å²) in [5.74, 6) is 0.379. The lowest BCUT2D eigenvalue weighted by molar-refractivity contribution is -0.157. The fourth-order valence-corrected chi connectivity index (χ4v) is 4.66. The Labute approximate surface area is 210 Å². The number of aromatic nitrogens is 2. The average Bonchev–Trinajstić information content (AvgIpc) is 2.89. The van der Waals surface area contributed by atoms with Crippen molar-refractivity contribution < 1.29 is 14.3 Å². The molecule has 2 aliphatic rings. The van der Waals surface area contributed by atoms with E-state index < -0.39 is 0 Å². The maximum Gasteiger partial charge on any atom is 0.320 e. The van der Waals surface area contributed by atoms with Gasteiger partial charge in [0.15, 0.2) is 0 Å². The van der Waals surface area contributed by atoms with Crippen LogP contribution in [0.5, 0.6) is 0 Å². The molecule has 0 bridgehead atoms. The number of hydrogen-bond acceptors (Lipinski definition) is 8. The van der Waals surface area contributed by atoms with E-state index in [1.807, 2.05) is 42.5 Å². The van der Waals surface area contributed by atoms with E-state index in [0.29, 0.717) is 25.4 Å². The highest BCUT2D eigenvalue weighted by Crippen LogP contribution is 2.26. The van der Waals surface area contributed by atoms with Gasteiger partial charge in [0, 0.05) is 49.4 Å². The number of esters is 1. The van der Waals surface area contributed by atoms with Gasteiger partial charge in [-0.2, -0.15) is 0 Å². The number of anilines is 2. The number of hydrogen-bond donors (Lipinski definition) is 2. The topological polar surface area (TPSA) is 99.7 Å². The number of nitrogens with one attached hydrogen (secondary N) is 2. The Morgan fingerprint density at radius 1 is 1.19 bits per heavy atom. The second-order valence-electron chi connectivity index (χ2n) is 9.19. The number of carbonyl (C=O) groups excluding carboxylic acids is 2. The van der Waals surface area contributed by atoms with Crippen LogP contribution in [0.15, 0.2) is 67.0 Å². The van der Waals surface area contributed by atoms with Crippen molar-refractivity contribution in [3.8, 4) is 0 Å². The Morgan fingerprint density at radius 2 is 2.06 bits per heavy atom. The van der Waals surface area contributed by atoms with Gasteiger partial charge in [0.1, 0.15) is 18.8 Å².